The van der Waals surface area contributed by atoms with Crippen LogP contribution in [-0.2, 0) is 0 Å². The molecule has 0 saturated carbocycles. The molecule has 1 aromatic carbocycles. The lowest BCUT2D eigenvalue weighted by Gasteiger charge is -2.06. The molecule has 94 valence electrons. The summed E-state index contributed by atoms with van der Waals surface area (Å²) >= 11 is 5.64. The highest BCUT2D eigenvalue weighted by molar-refractivity contribution is 6.28. The van der Waals surface area contributed by atoms with Crippen LogP contribution in [0.15, 0.2) is 18.2 Å². The van der Waals surface area contributed by atoms with Crippen molar-refractivity contribution in [2.24, 2.45) is 0 Å². The van der Waals surface area contributed by atoms with Gasteiger partial charge in [0.05, 0.1) is 7.11 Å². The summed E-state index contributed by atoms with van der Waals surface area (Å²) in [5.41, 5.74) is 0.276. The zero-order chi connectivity index (χ0) is 13.1. The van der Waals surface area contributed by atoms with E-state index in [1.165, 1.54) is 13.2 Å². The molecule has 2 rings (SSSR count). The summed E-state index contributed by atoms with van der Waals surface area (Å²) in [4.78, 5) is 11.3. The average molecular weight is 273 g/mol. The highest BCUT2D eigenvalue weighted by Gasteiger charge is 2.07. The first kappa shape index (κ1) is 12.4. The van der Waals surface area contributed by atoms with E-state index in [0.717, 1.165) is 12.1 Å². The number of anilines is 2. The topological polar surface area (TPSA) is 59.9 Å². The molecule has 0 saturated heterocycles. The highest BCUT2D eigenvalue weighted by atomic mass is 35.5. The fourth-order valence-corrected chi connectivity index (χ4v) is 1.33. The molecule has 1 aromatic heterocycles. The maximum absolute atomic E-state index is 13.0. The largest absolute Gasteiger partial charge is 0.467 e. The zero-order valence-corrected chi connectivity index (χ0v) is 9.87. The molecule has 8 heteroatoms. The van der Waals surface area contributed by atoms with Gasteiger partial charge in [-0.1, -0.05) is 0 Å². The number of benzene rings is 1. The Morgan fingerprint density at radius 3 is 2.61 bits per heavy atom. The van der Waals surface area contributed by atoms with Gasteiger partial charge in [0.25, 0.3) is 0 Å². The Labute approximate surface area is 106 Å². The van der Waals surface area contributed by atoms with E-state index in [1.54, 1.807) is 0 Å². The van der Waals surface area contributed by atoms with E-state index in [1.807, 2.05) is 0 Å². The lowest BCUT2D eigenvalue weighted by molar-refractivity contribution is 0.379. The van der Waals surface area contributed by atoms with E-state index < -0.39 is 11.6 Å². The molecule has 18 heavy (non-hydrogen) atoms. The third-order valence-corrected chi connectivity index (χ3v) is 2.11. The Bertz CT molecular complexity index is 582. The van der Waals surface area contributed by atoms with Crippen LogP contribution in [0.4, 0.5) is 20.4 Å². The number of methoxy groups -OCH3 is 1. The molecule has 2 aromatic rings. The van der Waals surface area contributed by atoms with E-state index in [9.17, 15) is 8.78 Å². The van der Waals surface area contributed by atoms with Gasteiger partial charge in [-0.25, -0.2) is 8.78 Å². The fourth-order valence-electron chi connectivity index (χ4n) is 1.18. The molecule has 0 aliphatic rings. The number of nitrogens with one attached hydrogen (secondary N) is 1. The number of rotatable bonds is 3. The predicted molar refractivity (Wildman–Crippen MR) is 61.0 cm³/mol. The van der Waals surface area contributed by atoms with Crippen molar-refractivity contribution in [2.45, 2.75) is 0 Å². The number of aromatic nitrogens is 3. The van der Waals surface area contributed by atoms with Crippen molar-refractivity contribution in [2.75, 3.05) is 12.4 Å². The van der Waals surface area contributed by atoms with Gasteiger partial charge >= 0.3 is 6.01 Å². The van der Waals surface area contributed by atoms with Gasteiger partial charge in [0.15, 0.2) is 11.6 Å². The van der Waals surface area contributed by atoms with Crippen LogP contribution in [0.5, 0.6) is 6.01 Å². The van der Waals surface area contributed by atoms with Crippen LogP contribution in [0.25, 0.3) is 0 Å². The molecule has 1 N–H and O–H groups in total. The Kier molecular flexibility index (Phi) is 3.52. The van der Waals surface area contributed by atoms with Crippen molar-refractivity contribution in [3.05, 3.63) is 35.1 Å². The van der Waals surface area contributed by atoms with Crippen LogP contribution in [0, 0.1) is 11.6 Å². The quantitative estimate of drug-likeness (QED) is 0.930. The van der Waals surface area contributed by atoms with Crippen molar-refractivity contribution >= 4 is 23.2 Å². The van der Waals surface area contributed by atoms with Gasteiger partial charge < -0.3 is 10.1 Å². The van der Waals surface area contributed by atoms with E-state index in [4.69, 9.17) is 16.3 Å². The second-order valence-electron chi connectivity index (χ2n) is 3.17. The second kappa shape index (κ2) is 5.09. The van der Waals surface area contributed by atoms with Crippen LogP contribution in [0.1, 0.15) is 0 Å². The van der Waals surface area contributed by atoms with Gasteiger partial charge in [-0.05, 0) is 23.7 Å². The summed E-state index contributed by atoms with van der Waals surface area (Å²) in [5.74, 6) is -1.85. The van der Waals surface area contributed by atoms with Crippen molar-refractivity contribution in [3.63, 3.8) is 0 Å². The lowest BCUT2D eigenvalue weighted by Crippen LogP contribution is -2.02. The van der Waals surface area contributed by atoms with E-state index in [0.29, 0.717) is 0 Å². The third-order valence-electron chi connectivity index (χ3n) is 1.95. The molecule has 0 unspecified atom stereocenters. The van der Waals surface area contributed by atoms with E-state index >= 15 is 0 Å². The molecule has 0 aliphatic heterocycles. The van der Waals surface area contributed by atoms with Crippen LogP contribution < -0.4 is 10.1 Å². The summed E-state index contributed by atoms with van der Waals surface area (Å²) in [7, 11) is 1.37. The summed E-state index contributed by atoms with van der Waals surface area (Å²) in [5, 5.41) is 2.58. The predicted octanol–water partition coefficient (Wildman–Crippen LogP) is 2.56. The molecule has 1 heterocycles. The summed E-state index contributed by atoms with van der Waals surface area (Å²) in [6.07, 6.45) is 0. The molecule has 0 spiro atoms. The van der Waals surface area contributed by atoms with Gasteiger partial charge in [-0.3, -0.25) is 0 Å². The Morgan fingerprint density at radius 2 is 1.94 bits per heavy atom. The summed E-state index contributed by atoms with van der Waals surface area (Å²) < 4.78 is 30.5. The van der Waals surface area contributed by atoms with Crippen LogP contribution in [-0.4, -0.2) is 22.1 Å². The zero-order valence-electron chi connectivity index (χ0n) is 9.12. The maximum Gasteiger partial charge on any atom is 0.322 e. The summed E-state index contributed by atoms with van der Waals surface area (Å²) in [6, 6.07) is 3.31. The van der Waals surface area contributed by atoms with Crippen molar-refractivity contribution in [3.8, 4) is 6.01 Å². The molecular formula is C10H7ClF2N4O. The highest BCUT2D eigenvalue weighted by Crippen LogP contribution is 2.18. The number of ether oxygens (including phenoxy) is 1. The molecule has 0 amide bonds. The monoisotopic (exact) mass is 272 g/mol. The van der Waals surface area contributed by atoms with Gasteiger partial charge in [-0.2, -0.15) is 15.0 Å². The van der Waals surface area contributed by atoms with Gasteiger partial charge in [0.1, 0.15) is 0 Å². The van der Waals surface area contributed by atoms with Gasteiger partial charge in [0.2, 0.25) is 11.2 Å². The number of hydrogen-bond acceptors (Lipinski definition) is 5. The Balaban J connectivity index is 2.27. The van der Waals surface area contributed by atoms with Crippen LogP contribution in [0.3, 0.4) is 0 Å². The average Bonchev–Trinajstić information content (AvgIpc) is 2.33. The van der Waals surface area contributed by atoms with E-state index in [2.05, 4.69) is 20.3 Å². The molecule has 0 aliphatic carbocycles. The second-order valence-corrected chi connectivity index (χ2v) is 3.51. The smallest absolute Gasteiger partial charge is 0.322 e. The summed E-state index contributed by atoms with van der Waals surface area (Å²) in [6.45, 7) is 0. The van der Waals surface area contributed by atoms with Crippen molar-refractivity contribution in [1.82, 2.24) is 15.0 Å². The van der Waals surface area contributed by atoms with Gasteiger partial charge in [-0.15, -0.1) is 0 Å². The normalized spacial score (nSPS) is 10.2. The molecule has 5 nitrogen and oxygen atoms in total. The Morgan fingerprint density at radius 1 is 1.17 bits per heavy atom. The minimum Gasteiger partial charge on any atom is -0.467 e. The first-order valence-corrected chi connectivity index (χ1v) is 5.14. The van der Waals surface area contributed by atoms with E-state index in [-0.39, 0.29) is 22.9 Å². The van der Waals surface area contributed by atoms with Crippen LogP contribution in [0.2, 0.25) is 5.28 Å². The maximum atomic E-state index is 13.0. The number of hydrogen-bond donors (Lipinski definition) is 1. The minimum atomic E-state index is -0.980. The molecule has 0 atom stereocenters. The fraction of sp³-hybridized carbons (Fsp3) is 0.100. The van der Waals surface area contributed by atoms with Crippen LogP contribution >= 0.6 is 11.6 Å². The van der Waals surface area contributed by atoms with Crippen molar-refractivity contribution in [1.29, 1.82) is 0 Å². The number of nitrogens with zero attached hydrogens (tertiary/aromatic N) is 3. The standard InChI is InChI=1S/C10H7ClF2N4O/c1-18-10-16-8(11)15-9(17-10)14-5-2-3-6(12)7(13)4-5/h2-4H,1H3,(H,14,15,16,17). The first-order chi connectivity index (χ1) is 8.58. The SMILES string of the molecule is COc1nc(Cl)nc(Nc2ccc(F)c(F)c2)n1. The number of halogens is 3. The molecular weight excluding hydrogens is 266 g/mol. The third kappa shape index (κ3) is 2.80. The van der Waals surface area contributed by atoms with Gasteiger partial charge in [0, 0.05) is 11.8 Å². The minimum absolute atomic E-state index is 0.0140. The molecule has 0 bridgehead atoms. The van der Waals surface area contributed by atoms with Crippen molar-refractivity contribution < 1.29 is 13.5 Å². The first-order valence-electron chi connectivity index (χ1n) is 4.76. The molecule has 0 fully saturated rings. The molecule has 0 radical (unpaired) electrons. The lowest BCUT2D eigenvalue weighted by atomic mass is 10.3. The Hall–Kier alpha value is -2.02.